The van der Waals surface area contributed by atoms with Crippen molar-refractivity contribution in [2.24, 2.45) is 11.8 Å². The maximum absolute atomic E-state index is 13.4. The first kappa shape index (κ1) is 21.0. The number of hydrogen-bond acceptors (Lipinski definition) is 3. The summed E-state index contributed by atoms with van der Waals surface area (Å²) in [5.74, 6) is 2.66. The van der Waals surface area contributed by atoms with Crippen molar-refractivity contribution in [3.8, 4) is 5.69 Å². The highest BCUT2D eigenvalue weighted by atomic mass is 16.2. The molecule has 0 spiro atoms. The molecule has 2 fully saturated rings. The molecule has 0 unspecified atom stereocenters. The Bertz CT molecular complexity index is 861. The summed E-state index contributed by atoms with van der Waals surface area (Å²) < 4.78 is 2.06. The Kier molecular flexibility index (Phi) is 6.16. The largest absolute Gasteiger partial charge is 0.362 e. The van der Waals surface area contributed by atoms with E-state index in [-0.39, 0.29) is 5.92 Å². The van der Waals surface area contributed by atoms with Gasteiger partial charge < -0.3 is 9.80 Å². The van der Waals surface area contributed by atoms with Crippen LogP contribution in [-0.4, -0.2) is 41.2 Å². The minimum atomic E-state index is 0.221. The van der Waals surface area contributed by atoms with Crippen LogP contribution in [0.15, 0.2) is 30.3 Å². The molecule has 1 heterocycles. The van der Waals surface area contributed by atoms with Gasteiger partial charge in [0.2, 0.25) is 5.91 Å². The Morgan fingerprint density at radius 1 is 1.10 bits per heavy atom. The van der Waals surface area contributed by atoms with Crippen LogP contribution in [0.5, 0.6) is 0 Å². The van der Waals surface area contributed by atoms with Crippen molar-refractivity contribution in [1.82, 2.24) is 14.7 Å². The van der Waals surface area contributed by atoms with Gasteiger partial charge in [-0.3, -0.25) is 4.79 Å². The van der Waals surface area contributed by atoms with E-state index in [0.29, 0.717) is 24.3 Å². The van der Waals surface area contributed by atoms with Crippen molar-refractivity contribution >= 4 is 11.7 Å². The van der Waals surface area contributed by atoms with Gasteiger partial charge in [-0.05, 0) is 49.7 Å². The Balaban J connectivity index is 1.73. The smallest absolute Gasteiger partial charge is 0.225 e. The van der Waals surface area contributed by atoms with E-state index < -0.39 is 0 Å². The monoisotopic (exact) mass is 408 g/mol. The summed E-state index contributed by atoms with van der Waals surface area (Å²) in [5.41, 5.74) is 3.36. The zero-order valence-electron chi connectivity index (χ0n) is 19.0. The zero-order chi connectivity index (χ0) is 21.3. The Hall–Kier alpha value is -2.30. The summed E-state index contributed by atoms with van der Waals surface area (Å²) in [7, 11) is 4.15. The first-order chi connectivity index (χ1) is 14.5. The van der Waals surface area contributed by atoms with Crippen molar-refractivity contribution in [2.45, 2.75) is 64.8 Å². The lowest BCUT2D eigenvalue weighted by atomic mass is 10.0. The summed E-state index contributed by atoms with van der Waals surface area (Å²) in [6.45, 7) is 5.96. The molecular formula is C25H36N4O. The summed E-state index contributed by atoms with van der Waals surface area (Å²) in [5, 5.41) is 5.04. The van der Waals surface area contributed by atoms with E-state index >= 15 is 0 Å². The first-order valence-corrected chi connectivity index (χ1v) is 11.6. The third kappa shape index (κ3) is 4.40. The van der Waals surface area contributed by atoms with Gasteiger partial charge in [-0.1, -0.05) is 44.9 Å². The van der Waals surface area contributed by atoms with Gasteiger partial charge in [0, 0.05) is 32.1 Å². The predicted octanol–water partition coefficient (Wildman–Crippen LogP) is 4.99. The number of para-hydroxylation sites is 1. The lowest BCUT2D eigenvalue weighted by Crippen LogP contribution is -2.37. The number of carbonyl (C=O) groups is 1. The second-order valence-electron chi connectivity index (χ2n) is 9.63. The lowest BCUT2D eigenvalue weighted by Gasteiger charge is -2.27. The minimum absolute atomic E-state index is 0.221. The number of carbonyl (C=O) groups excluding carboxylic acids is 1. The molecule has 0 N–H and O–H groups in total. The fourth-order valence-electron chi connectivity index (χ4n) is 4.75. The quantitative estimate of drug-likeness (QED) is 0.618. The van der Waals surface area contributed by atoms with Gasteiger partial charge in [0.25, 0.3) is 0 Å². The molecule has 2 aliphatic carbocycles. The SMILES string of the molecule is CC(C)c1nn(-c2ccccc2)c(N(C)C)c1CN(CC1CC1)C(=O)C1CCCC1. The maximum Gasteiger partial charge on any atom is 0.225 e. The number of nitrogens with zero attached hydrogens (tertiary/aromatic N) is 4. The van der Waals surface area contributed by atoms with Crippen molar-refractivity contribution in [3.05, 3.63) is 41.6 Å². The minimum Gasteiger partial charge on any atom is -0.362 e. The number of hydrogen-bond donors (Lipinski definition) is 0. The molecule has 2 saturated carbocycles. The molecule has 0 saturated heterocycles. The molecule has 162 valence electrons. The molecule has 30 heavy (non-hydrogen) atoms. The van der Waals surface area contributed by atoms with Gasteiger partial charge in [-0.15, -0.1) is 0 Å². The van der Waals surface area contributed by atoms with Crippen molar-refractivity contribution in [2.75, 3.05) is 25.5 Å². The fourth-order valence-corrected chi connectivity index (χ4v) is 4.75. The highest BCUT2D eigenvalue weighted by Gasteiger charge is 2.34. The fraction of sp³-hybridized carbons (Fsp3) is 0.600. The van der Waals surface area contributed by atoms with E-state index in [1.54, 1.807) is 0 Å². The van der Waals surface area contributed by atoms with Crippen LogP contribution < -0.4 is 4.90 Å². The van der Waals surface area contributed by atoms with E-state index in [2.05, 4.69) is 54.6 Å². The van der Waals surface area contributed by atoms with E-state index in [4.69, 9.17) is 5.10 Å². The predicted molar refractivity (Wildman–Crippen MR) is 122 cm³/mol. The molecule has 1 aromatic heterocycles. The highest BCUT2D eigenvalue weighted by molar-refractivity contribution is 5.79. The van der Waals surface area contributed by atoms with Gasteiger partial charge in [0.15, 0.2) is 0 Å². The number of benzene rings is 1. The molecule has 5 heteroatoms. The summed E-state index contributed by atoms with van der Waals surface area (Å²) in [4.78, 5) is 17.8. The Morgan fingerprint density at radius 2 is 1.77 bits per heavy atom. The standard InChI is InChI=1S/C25H36N4O/c1-18(2)23-22(24(27(3)4)29(26-23)21-12-6-5-7-13-21)17-28(16-19-14-15-19)25(30)20-10-8-9-11-20/h5-7,12-13,18-20H,8-11,14-17H2,1-4H3. The van der Waals surface area contributed by atoms with Crippen LogP contribution in [0.3, 0.4) is 0 Å². The highest BCUT2D eigenvalue weighted by Crippen LogP contribution is 2.36. The molecule has 5 nitrogen and oxygen atoms in total. The molecule has 4 rings (SSSR count). The zero-order valence-corrected chi connectivity index (χ0v) is 19.0. The normalized spacial score (nSPS) is 17.0. The number of amides is 1. The van der Waals surface area contributed by atoms with Crippen molar-refractivity contribution < 1.29 is 4.79 Å². The Labute approximate surface area is 181 Å². The van der Waals surface area contributed by atoms with Crippen LogP contribution in [0.4, 0.5) is 5.82 Å². The van der Waals surface area contributed by atoms with Crippen LogP contribution in [0.25, 0.3) is 5.69 Å². The average molecular weight is 409 g/mol. The van der Waals surface area contributed by atoms with E-state index in [1.807, 2.05) is 18.2 Å². The second kappa shape index (κ2) is 8.83. The van der Waals surface area contributed by atoms with Crippen molar-refractivity contribution in [3.63, 3.8) is 0 Å². The van der Waals surface area contributed by atoms with Crippen LogP contribution >= 0.6 is 0 Å². The maximum atomic E-state index is 13.4. The lowest BCUT2D eigenvalue weighted by molar-refractivity contribution is -0.136. The van der Waals surface area contributed by atoms with E-state index in [9.17, 15) is 4.79 Å². The van der Waals surface area contributed by atoms with E-state index in [0.717, 1.165) is 36.6 Å². The van der Waals surface area contributed by atoms with Crippen LogP contribution in [0.1, 0.15) is 69.5 Å². The topological polar surface area (TPSA) is 41.4 Å². The summed E-state index contributed by atoms with van der Waals surface area (Å²) in [6, 6.07) is 10.3. The third-order valence-corrected chi connectivity index (χ3v) is 6.50. The molecule has 1 aromatic carbocycles. The summed E-state index contributed by atoms with van der Waals surface area (Å²) in [6.07, 6.45) is 7.02. The number of aromatic nitrogens is 2. The first-order valence-electron chi connectivity index (χ1n) is 11.6. The van der Waals surface area contributed by atoms with Gasteiger partial charge >= 0.3 is 0 Å². The van der Waals surface area contributed by atoms with Gasteiger partial charge in [0.1, 0.15) is 5.82 Å². The number of rotatable bonds is 8. The molecule has 0 atom stereocenters. The second-order valence-corrected chi connectivity index (χ2v) is 9.63. The summed E-state index contributed by atoms with van der Waals surface area (Å²) >= 11 is 0. The molecule has 0 radical (unpaired) electrons. The van der Waals surface area contributed by atoms with Gasteiger partial charge in [-0.2, -0.15) is 5.10 Å². The van der Waals surface area contributed by atoms with Crippen LogP contribution in [-0.2, 0) is 11.3 Å². The van der Waals surface area contributed by atoms with Crippen molar-refractivity contribution in [1.29, 1.82) is 0 Å². The number of anilines is 1. The van der Waals surface area contributed by atoms with Gasteiger partial charge in [-0.25, -0.2) is 4.68 Å². The van der Waals surface area contributed by atoms with Crippen LogP contribution in [0.2, 0.25) is 0 Å². The van der Waals surface area contributed by atoms with Gasteiger partial charge in [0.05, 0.1) is 17.9 Å². The molecular weight excluding hydrogens is 372 g/mol. The molecule has 0 bridgehead atoms. The molecule has 2 aromatic rings. The molecule has 0 aliphatic heterocycles. The van der Waals surface area contributed by atoms with E-state index in [1.165, 1.54) is 31.2 Å². The molecule has 2 aliphatic rings. The molecule has 1 amide bonds. The van der Waals surface area contributed by atoms with Crippen LogP contribution in [0, 0.1) is 11.8 Å². The average Bonchev–Trinajstić information content (AvgIpc) is 3.23. The Morgan fingerprint density at radius 3 is 2.33 bits per heavy atom. The third-order valence-electron chi connectivity index (χ3n) is 6.50.